The molecule has 0 fully saturated rings. The number of carbonyl (C=O) groups is 2. The van der Waals surface area contributed by atoms with Gasteiger partial charge in [-0.15, -0.1) is 0 Å². The molecular formula is C18H16N2O2. The molecule has 0 N–H and O–H groups in total. The summed E-state index contributed by atoms with van der Waals surface area (Å²) in [4.78, 5) is 28.9. The Kier molecular flexibility index (Phi) is 2.49. The van der Waals surface area contributed by atoms with Gasteiger partial charge in [-0.05, 0) is 17.7 Å². The molecule has 0 unspecified atom stereocenters. The molecule has 0 radical (unpaired) electrons. The van der Waals surface area contributed by atoms with Gasteiger partial charge in [0.25, 0.3) is 11.8 Å². The van der Waals surface area contributed by atoms with E-state index in [-0.39, 0.29) is 11.8 Å². The average Bonchev–Trinajstić information content (AvgIpc) is 2.76. The molecule has 2 aromatic carbocycles. The molecule has 2 aromatic rings. The van der Waals surface area contributed by atoms with E-state index in [2.05, 4.69) is 0 Å². The van der Waals surface area contributed by atoms with Gasteiger partial charge < -0.3 is 9.80 Å². The van der Waals surface area contributed by atoms with Crippen molar-refractivity contribution in [1.82, 2.24) is 9.80 Å². The van der Waals surface area contributed by atoms with E-state index in [0.717, 1.165) is 16.7 Å². The Morgan fingerprint density at radius 2 is 1.36 bits per heavy atom. The maximum Gasteiger partial charge on any atom is 0.256 e. The van der Waals surface area contributed by atoms with Crippen LogP contribution in [0.1, 0.15) is 31.8 Å². The first-order chi connectivity index (χ1) is 10.6. The molecule has 0 saturated carbocycles. The van der Waals surface area contributed by atoms with Crippen LogP contribution < -0.4 is 0 Å². The minimum absolute atomic E-state index is 0.0327. The average molecular weight is 292 g/mol. The molecule has 4 nitrogen and oxygen atoms in total. The lowest BCUT2D eigenvalue weighted by Crippen LogP contribution is -2.59. The quantitative estimate of drug-likeness (QED) is 0.747. The number of hydrogen-bond acceptors (Lipinski definition) is 2. The van der Waals surface area contributed by atoms with Gasteiger partial charge in [0.15, 0.2) is 0 Å². The SMILES string of the molecule is CN1C(=O)c2ccccc2C[C@@]12c1ccccc1C(=O)N2C. The van der Waals surface area contributed by atoms with E-state index in [0.29, 0.717) is 12.0 Å². The summed E-state index contributed by atoms with van der Waals surface area (Å²) in [6, 6.07) is 15.2. The first kappa shape index (κ1) is 13.1. The summed E-state index contributed by atoms with van der Waals surface area (Å²) in [5, 5.41) is 0. The molecule has 110 valence electrons. The highest BCUT2D eigenvalue weighted by Gasteiger charge is 2.54. The first-order valence-electron chi connectivity index (χ1n) is 7.31. The van der Waals surface area contributed by atoms with Gasteiger partial charge in [-0.1, -0.05) is 36.4 Å². The molecule has 22 heavy (non-hydrogen) atoms. The second kappa shape index (κ2) is 4.19. The zero-order chi connectivity index (χ0) is 15.5. The summed E-state index contributed by atoms with van der Waals surface area (Å²) in [5.74, 6) is -0.0761. The monoisotopic (exact) mass is 292 g/mol. The lowest BCUT2D eigenvalue weighted by atomic mass is 9.84. The number of fused-ring (bicyclic) bond motifs is 3. The van der Waals surface area contributed by atoms with Crippen molar-refractivity contribution in [3.8, 4) is 0 Å². The minimum Gasteiger partial charge on any atom is -0.314 e. The second-order valence-corrected chi connectivity index (χ2v) is 5.92. The van der Waals surface area contributed by atoms with Crippen LogP contribution in [-0.2, 0) is 12.1 Å². The van der Waals surface area contributed by atoms with E-state index in [9.17, 15) is 9.59 Å². The third-order valence-electron chi connectivity index (χ3n) is 4.99. The van der Waals surface area contributed by atoms with Crippen LogP contribution in [0.4, 0.5) is 0 Å². The van der Waals surface area contributed by atoms with Gasteiger partial charge >= 0.3 is 0 Å². The fourth-order valence-electron chi connectivity index (χ4n) is 3.78. The Morgan fingerprint density at radius 1 is 0.818 bits per heavy atom. The van der Waals surface area contributed by atoms with Crippen molar-refractivity contribution in [1.29, 1.82) is 0 Å². The Labute approximate surface area is 129 Å². The van der Waals surface area contributed by atoms with Crippen molar-refractivity contribution in [3.63, 3.8) is 0 Å². The fourth-order valence-corrected chi connectivity index (χ4v) is 3.78. The number of amides is 2. The molecule has 2 aliphatic rings. The normalized spacial score (nSPS) is 23.0. The highest BCUT2D eigenvalue weighted by molar-refractivity contribution is 6.03. The standard InChI is InChI=1S/C18H16N2O2/c1-19-16(21)13-8-4-3-7-12(13)11-18(19)15-10-6-5-9-14(15)17(22)20(18)2/h3-10H,11H2,1-2H3/t18-/m1/s1. The summed E-state index contributed by atoms with van der Waals surface area (Å²) < 4.78 is 0. The van der Waals surface area contributed by atoms with Crippen LogP contribution in [0, 0.1) is 0 Å². The van der Waals surface area contributed by atoms with Crippen molar-refractivity contribution in [2.75, 3.05) is 14.1 Å². The van der Waals surface area contributed by atoms with Crippen molar-refractivity contribution >= 4 is 11.8 Å². The van der Waals surface area contributed by atoms with Crippen LogP contribution in [0.3, 0.4) is 0 Å². The molecule has 1 atom stereocenters. The highest BCUT2D eigenvalue weighted by Crippen LogP contribution is 2.45. The van der Waals surface area contributed by atoms with Gasteiger partial charge in [0, 0.05) is 37.2 Å². The number of hydrogen-bond donors (Lipinski definition) is 0. The number of benzene rings is 2. The molecule has 4 heteroatoms. The smallest absolute Gasteiger partial charge is 0.256 e. The number of nitrogens with zero attached hydrogens (tertiary/aromatic N) is 2. The van der Waals surface area contributed by atoms with Crippen LogP contribution in [-0.4, -0.2) is 35.7 Å². The van der Waals surface area contributed by atoms with Crippen molar-refractivity contribution in [3.05, 3.63) is 70.8 Å². The van der Waals surface area contributed by atoms with Gasteiger partial charge in [-0.3, -0.25) is 9.59 Å². The molecule has 4 rings (SSSR count). The summed E-state index contributed by atoms with van der Waals surface area (Å²) in [6.45, 7) is 0. The molecule has 2 amide bonds. The fraction of sp³-hybridized carbons (Fsp3) is 0.222. The molecule has 0 aromatic heterocycles. The van der Waals surface area contributed by atoms with Crippen LogP contribution in [0.15, 0.2) is 48.5 Å². The third kappa shape index (κ3) is 1.37. The lowest BCUT2D eigenvalue weighted by Gasteiger charge is -2.47. The van der Waals surface area contributed by atoms with E-state index in [1.165, 1.54) is 0 Å². The third-order valence-corrected chi connectivity index (χ3v) is 4.99. The largest absolute Gasteiger partial charge is 0.314 e. The van der Waals surface area contributed by atoms with E-state index in [4.69, 9.17) is 0 Å². The Bertz CT molecular complexity index is 814. The summed E-state index contributed by atoms with van der Waals surface area (Å²) >= 11 is 0. The molecule has 2 heterocycles. The molecule has 0 saturated heterocycles. The second-order valence-electron chi connectivity index (χ2n) is 5.92. The van der Waals surface area contributed by atoms with Gasteiger partial charge in [-0.2, -0.15) is 0 Å². The van der Waals surface area contributed by atoms with E-state index in [1.807, 2.05) is 48.5 Å². The van der Waals surface area contributed by atoms with E-state index >= 15 is 0 Å². The van der Waals surface area contributed by atoms with Gasteiger partial charge in [0.2, 0.25) is 0 Å². The van der Waals surface area contributed by atoms with Crippen LogP contribution in [0.5, 0.6) is 0 Å². The van der Waals surface area contributed by atoms with Gasteiger partial charge in [0.1, 0.15) is 5.66 Å². The van der Waals surface area contributed by atoms with E-state index < -0.39 is 5.66 Å². The summed E-state index contributed by atoms with van der Waals surface area (Å²) in [7, 11) is 3.56. The molecule has 0 aliphatic carbocycles. The highest BCUT2D eigenvalue weighted by atomic mass is 16.2. The predicted octanol–water partition coefficient (Wildman–Crippen LogP) is 2.25. The Morgan fingerprint density at radius 3 is 2.09 bits per heavy atom. The number of likely N-dealkylation sites (N-methyl/N-ethyl adjacent to an activating group) is 2. The van der Waals surface area contributed by atoms with E-state index in [1.54, 1.807) is 23.9 Å². The van der Waals surface area contributed by atoms with Gasteiger partial charge in [-0.25, -0.2) is 0 Å². The summed E-state index contributed by atoms with van der Waals surface area (Å²) in [6.07, 6.45) is 0.616. The van der Waals surface area contributed by atoms with Crippen molar-refractivity contribution < 1.29 is 9.59 Å². The van der Waals surface area contributed by atoms with Crippen LogP contribution in [0.2, 0.25) is 0 Å². The maximum atomic E-state index is 12.8. The zero-order valence-corrected chi connectivity index (χ0v) is 12.5. The van der Waals surface area contributed by atoms with Crippen molar-refractivity contribution in [2.45, 2.75) is 12.1 Å². The van der Waals surface area contributed by atoms with Crippen LogP contribution in [0.25, 0.3) is 0 Å². The lowest BCUT2D eigenvalue weighted by molar-refractivity contribution is -0.00838. The zero-order valence-electron chi connectivity index (χ0n) is 12.5. The van der Waals surface area contributed by atoms with Crippen molar-refractivity contribution in [2.24, 2.45) is 0 Å². The number of carbonyl (C=O) groups excluding carboxylic acids is 2. The maximum absolute atomic E-state index is 12.8. The molecule has 1 spiro atoms. The molecule has 2 aliphatic heterocycles. The summed E-state index contributed by atoms with van der Waals surface area (Å²) in [5.41, 5.74) is 2.58. The molecular weight excluding hydrogens is 276 g/mol. The minimum atomic E-state index is -0.723. The Balaban J connectivity index is 2.00. The van der Waals surface area contributed by atoms with Gasteiger partial charge in [0.05, 0.1) is 0 Å². The Hall–Kier alpha value is -2.62. The topological polar surface area (TPSA) is 40.6 Å². The predicted molar refractivity (Wildman–Crippen MR) is 82.5 cm³/mol. The molecule has 0 bridgehead atoms. The first-order valence-corrected chi connectivity index (χ1v) is 7.31. The van der Waals surface area contributed by atoms with Crippen LogP contribution >= 0.6 is 0 Å². The number of rotatable bonds is 0.